The van der Waals surface area contributed by atoms with E-state index in [0.717, 1.165) is 11.0 Å². The second kappa shape index (κ2) is 9.78. The Morgan fingerprint density at radius 3 is 2.52 bits per heavy atom. The number of benzene rings is 2. The second-order valence-electron chi connectivity index (χ2n) is 5.62. The maximum Gasteiger partial charge on any atom is 0.191 e. The lowest BCUT2D eigenvalue weighted by atomic mass is 10.1. The van der Waals surface area contributed by atoms with Crippen LogP contribution in [-0.4, -0.2) is 26.3 Å². The Balaban J connectivity index is 1.66. The fraction of sp³-hybridized carbons (Fsp3) is 0.150. The zero-order valence-corrected chi connectivity index (χ0v) is 16.9. The van der Waals surface area contributed by atoms with Gasteiger partial charge in [-0.1, -0.05) is 47.6 Å². The monoisotopic (exact) mass is 415 g/mol. The molecule has 0 amide bonds. The van der Waals surface area contributed by atoms with Crippen LogP contribution in [0, 0.1) is 0 Å². The molecule has 0 atom stereocenters. The predicted octanol–water partition coefficient (Wildman–Crippen LogP) is 5.38. The molecular formula is C20H18ClN3OS2. The molecule has 0 saturated carbocycles. The molecule has 0 bridgehead atoms. The van der Waals surface area contributed by atoms with Crippen LogP contribution in [0.3, 0.4) is 0 Å². The van der Waals surface area contributed by atoms with Gasteiger partial charge in [-0.05, 0) is 36.4 Å². The third kappa shape index (κ3) is 5.48. The molecule has 7 heteroatoms. The number of halogens is 1. The molecule has 0 radical (unpaired) electrons. The fourth-order valence-electron chi connectivity index (χ4n) is 2.36. The summed E-state index contributed by atoms with van der Waals surface area (Å²) in [4.78, 5) is 13.5. The lowest BCUT2D eigenvalue weighted by Gasteiger charge is -2.07. The zero-order valence-electron chi connectivity index (χ0n) is 14.5. The van der Waals surface area contributed by atoms with Gasteiger partial charge in [0.2, 0.25) is 0 Å². The first-order valence-corrected chi connectivity index (χ1v) is 10.6. The van der Waals surface area contributed by atoms with Gasteiger partial charge in [-0.2, -0.15) is 0 Å². The molecule has 1 heterocycles. The maximum atomic E-state index is 12.4. The molecule has 0 aliphatic heterocycles. The molecule has 27 heavy (non-hydrogen) atoms. The van der Waals surface area contributed by atoms with Gasteiger partial charge in [-0.3, -0.25) is 4.79 Å². The Kier molecular flexibility index (Phi) is 7.15. The first kappa shape index (κ1) is 19.7. The van der Waals surface area contributed by atoms with E-state index in [9.17, 15) is 4.79 Å². The number of aromatic nitrogens is 3. The number of allylic oxidation sites excluding steroid dienone is 1. The molecule has 0 aliphatic carbocycles. The van der Waals surface area contributed by atoms with Gasteiger partial charge in [0.1, 0.15) is 5.82 Å². The second-order valence-corrected chi connectivity index (χ2v) is 8.05. The number of carbonyl (C=O) groups is 1. The molecule has 0 N–H and O–H groups in total. The van der Waals surface area contributed by atoms with Crippen molar-refractivity contribution in [3.8, 4) is 0 Å². The van der Waals surface area contributed by atoms with Crippen molar-refractivity contribution < 1.29 is 4.79 Å². The number of hydrogen-bond acceptors (Lipinski definition) is 5. The van der Waals surface area contributed by atoms with Crippen LogP contribution in [0.4, 0.5) is 0 Å². The molecule has 1 aromatic heterocycles. The molecule has 0 spiro atoms. The normalized spacial score (nSPS) is 10.7. The number of rotatable bonds is 9. The van der Waals surface area contributed by atoms with Crippen LogP contribution in [0.15, 0.2) is 77.3 Å². The van der Waals surface area contributed by atoms with E-state index >= 15 is 0 Å². The molecule has 0 fully saturated rings. The number of hydrogen-bond donors (Lipinski definition) is 0. The Morgan fingerprint density at radius 2 is 1.81 bits per heavy atom. The quantitative estimate of drug-likeness (QED) is 0.266. The summed E-state index contributed by atoms with van der Waals surface area (Å²) in [6.45, 7) is 4.42. The number of thioether (sulfide) groups is 2. The summed E-state index contributed by atoms with van der Waals surface area (Å²) in [6.07, 6.45) is 1.81. The van der Waals surface area contributed by atoms with E-state index in [1.54, 1.807) is 36.0 Å². The minimum absolute atomic E-state index is 0.0324. The Labute approximate surface area is 172 Å². The van der Waals surface area contributed by atoms with Crippen molar-refractivity contribution in [3.63, 3.8) is 0 Å². The molecule has 3 rings (SSSR count). The lowest BCUT2D eigenvalue weighted by Crippen LogP contribution is -2.06. The molecule has 0 unspecified atom stereocenters. The van der Waals surface area contributed by atoms with Crippen molar-refractivity contribution in [2.24, 2.45) is 0 Å². The average molecular weight is 416 g/mol. The van der Waals surface area contributed by atoms with Crippen LogP contribution in [0.1, 0.15) is 16.2 Å². The smallest absolute Gasteiger partial charge is 0.191 e. The van der Waals surface area contributed by atoms with E-state index < -0.39 is 0 Å². The van der Waals surface area contributed by atoms with Crippen LogP contribution in [0.5, 0.6) is 0 Å². The standard InChI is InChI=1S/C20H18ClN3OS2/c1-2-12-24-19(14-26-17-6-4-3-5-7-17)22-23-20(24)27-13-18(25)15-8-10-16(21)11-9-15/h2-11H,1,12-14H2. The van der Waals surface area contributed by atoms with Gasteiger partial charge in [0.05, 0.1) is 11.5 Å². The molecule has 0 saturated heterocycles. The van der Waals surface area contributed by atoms with E-state index in [0.29, 0.717) is 28.6 Å². The van der Waals surface area contributed by atoms with E-state index in [2.05, 4.69) is 28.9 Å². The zero-order chi connectivity index (χ0) is 19.1. The van der Waals surface area contributed by atoms with Gasteiger partial charge in [0.15, 0.2) is 10.9 Å². The molecule has 138 valence electrons. The van der Waals surface area contributed by atoms with Crippen LogP contribution in [0.2, 0.25) is 5.02 Å². The largest absolute Gasteiger partial charge is 0.301 e. The number of ketones is 1. The minimum atomic E-state index is 0.0324. The highest BCUT2D eigenvalue weighted by molar-refractivity contribution is 7.99. The highest BCUT2D eigenvalue weighted by Gasteiger charge is 2.14. The molecular weight excluding hydrogens is 398 g/mol. The summed E-state index contributed by atoms with van der Waals surface area (Å²) in [6, 6.07) is 17.1. The summed E-state index contributed by atoms with van der Waals surface area (Å²) in [5, 5.41) is 9.91. The summed E-state index contributed by atoms with van der Waals surface area (Å²) >= 11 is 8.96. The number of nitrogens with zero attached hydrogens (tertiary/aromatic N) is 3. The predicted molar refractivity (Wildman–Crippen MR) is 113 cm³/mol. The maximum absolute atomic E-state index is 12.4. The third-order valence-electron chi connectivity index (χ3n) is 3.71. The van der Waals surface area contributed by atoms with Crippen molar-refractivity contribution in [1.29, 1.82) is 0 Å². The Morgan fingerprint density at radius 1 is 1.07 bits per heavy atom. The van der Waals surface area contributed by atoms with Crippen molar-refractivity contribution >= 4 is 40.9 Å². The summed E-state index contributed by atoms with van der Waals surface area (Å²) < 4.78 is 2.00. The highest BCUT2D eigenvalue weighted by atomic mass is 35.5. The van der Waals surface area contributed by atoms with Gasteiger partial charge in [-0.15, -0.1) is 28.5 Å². The van der Waals surface area contributed by atoms with E-state index in [4.69, 9.17) is 11.6 Å². The third-order valence-corrected chi connectivity index (χ3v) is 5.94. The first-order valence-electron chi connectivity index (χ1n) is 8.30. The van der Waals surface area contributed by atoms with E-state index in [1.165, 1.54) is 16.7 Å². The fourth-order valence-corrected chi connectivity index (χ4v) is 4.20. The molecule has 2 aromatic carbocycles. The van der Waals surface area contributed by atoms with Crippen molar-refractivity contribution in [2.75, 3.05) is 5.75 Å². The molecule has 0 aliphatic rings. The van der Waals surface area contributed by atoms with Crippen molar-refractivity contribution in [1.82, 2.24) is 14.8 Å². The minimum Gasteiger partial charge on any atom is -0.301 e. The SMILES string of the molecule is C=CCn1c(CSc2ccccc2)nnc1SCC(=O)c1ccc(Cl)cc1. The highest BCUT2D eigenvalue weighted by Crippen LogP contribution is 2.25. The van der Waals surface area contributed by atoms with Gasteiger partial charge < -0.3 is 4.57 Å². The first-order chi connectivity index (χ1) is 13.2. The van der Waals surface area contributed by atoms with Crippen LogP contribution in [-0.2, 0) is 12.3 Å². The summed E-state index contributed by atoms with van der Waals surface area (Å²) in [7, 11) is 0. The average Bonchev–Trinajstić information content (AvgIpc) is 3.08. The van der Waals surface area contributed by atoms with Crippen LogP contribution >= 0.6 is 35.1 Å². The topological polar surface area (TPSA) is 47.8 Å². The van der Waals surface area contributed by atoms with Crippen molar-refractivity contribution in [3.05, 3.63) is 83.7 Å². The van der Waals surface area contributed by atoms with Gasteiger partial charge in [-0.25, -0.2) is 0 Å². The van der Waals surface area contributed by atoms with Gasteiger partial charge in [0.25, 0.3) is 0 Å². The van der Waals surface area contributed by atoms with Crippen molar-refractivity contribution in [2.45, 2.75) is 22.3 Å². The van der Waals surface area contributed by atoms with E-state index in [-0.39, 0.29) is 5.78 Å². The van der Waals surface area contributed by atoms with Gasteiger partial charge in [0, 0.05) is 22.0 Å². The van der Waals surface area contributed by atoms with Crippen LogP contribution < -0.4 is 0 Å². The molecule has 4 nitrogen and oxygen atoms in total. The van der Waals surface area contributed by atoms with Gasteiger partial charge >= 0.3 is 0 Å². The van der Waals surface area contributed by atoms with Crippen LogP contribution in [0.25, 0.3) is 0 Å². The Bertz CT molecular complexity index is 911. The van der Waals surface area contributed by atoms with E-state index in [1.807, 2.05) is 28.8 Å². The molecule has 3 aromatic rings. The number of carbonyl (C=O) groups excluding carboxylic acids is 1. The summed E-state index contributed by atoms with van der Waals surface area (Å²) in [5.74, 6) is 1.90. The lowest BCUT2D eigenvalue weighted by molar-refractivity contribution is 0.102. The Hall–Kier alpha value is -2.02. The number of Topliss-reactive ketones (excluding diaryl/α,β-unsaturated/α-hetero) is 1. The summed E-state index contributed by atoms with van der Waals surface area (Å²) in [5.41, 5.74) is 0.640.